The van der Waals surface area contributed by atoms with E-state index < -0.39 is 5.72 Å². The predicted molar refractivity (Wildman–Crippen MR) is 93.6 cm³/mol. The summed E-state index contributed by atoms with van der Waals surface area (Å²) in [5.41, 5.74) is 2.88. The number of halogens is 1. The van der Waals surface area contributed by atoms with Crippen LogP contribution in [0.25, 0.3) is 5.65 Å². The van der Waals surface area contributed by atoms with Crippen molar-refractivity contribution in [1.29, 1.82) is 0 Å². The third-order valence-corrected chi connectivity index (χ3v) is 5.44. The lowest BCUT2D eigenvalue weighted by Crippen LogP contribution is -2.51. The Kier molecular flexibility index (Phi) is 3.89. The lowest BCUT2D eigenvalue weighted by atomic mass is 10.0. The molecule has 2 aromatic rings. The first-order chi connectivity index (χ1) is 11.5. The van der Waals surface area contributed by atoms with E-state index in [0.29, 0.717) is 0 Å². The van der Waals surface area contributed by atoms with Gasteiger partial charge in [0, 0.05) is 43.1 Å². The van der Waals surface area contributed by atoms with Gasteiger partial charge in [-0.25, -0.2) is 4.98 Å². The summed E-state index contributed by atoms with van der Waals surface area (Å²) in [5, 5.41) is 3.03. The normalized spacial score (nSPS) is 24.0. The molecular formula is C17H21BrN4O2. The van der Waals surface area contributed by atoms with Crippen molar-refractivity contribution in [1.82, 2.24) is 19.6 Å². The van der Waals surface area contributed by atoms with Crippen LogP contribution < -0.4 is 5.32 Å². The minimum absolute atomic E-state index is 0.00515. The summed E-state index contributed by atoms with van der Waals surface area (Å²) in [6, 6.07) is 2.08. The molecular weight excluding hydrogens is 372 g/mol. The molecule has 1 amide bonds. The zero-order valence-electron chi connectivity index (χ0n) is 13.9. The predicted octanol–water partition coefficient (Wildman–Crippen LogP) is 2.23. The first kappa shape index (κ1) is 16.1. The highest BCUT2D eigenvalue weighted by atomic mass is 79.9. The van der Waals surface area contributed by atoms with Crippen LogP contribution in [0.5, 0.6) is 0 Å². The van der Waals surface area contributed by atoms with Gasteiger partial charge >= 0.3 is 0 Å². The van der Waals surface area contributed by atoms with E-state index in [1.807, 2.05) is 13.1 Å². The average molecular weight is 393 g/mol. The molecule has 1 unspecified atom stereocenters. The van der Waals surface area contributed by atoms with Gasteiger partial charge in [-0.3, -0.25) is 9.69 Å². The van der Waals surface area contributed by atoms with E-state index in [1.54, 1.807) is 0 Å². The molecule has 0 saturated carbocycles. The number of carbonyl (C=O) groups excluding carboxylic acids is 1. The molecule has 6 nitrogen and oxygen atoms in total. The van der Waals surface area contributed by atoms with Gasteiger partial charge in [0.15, 0.2) is 0 Å². The molecule has 24 heavy (non-hydrogen) atoms. The van der Waals surface area contributed by atoms with Crippen LogP contribution in [0.15, 0.2) is 22.9 Å². The van der Waals surface area contributed by atoms with Crippen molar-refractivity contribution in [2.24, 2.45) is 0 Å². The zero-order valence-corrected chi connectivity index (χ0v) is 15.5. The molecule has 0 aromatic carbocycles. The number of hydrogen-bond donors (Lipinski definition) is 1. The molecule has 2 saturated heterocycles. The molecule has 0 radical (unpaired) electrons. The molecule has 2 aliphatic heterocycles. The number of pyridine rings is 1. The standard InChI is InChI=1S/C17H21BrN4O2/c1-11-7-13(18)9-22-14(8-19-15(11)22)10-21-5-3-17(4-6-21)20-16(23)12(2)24-17/h7-9,12H,3-6,10H2,1-2H3,(H,20,23). The molecule has 0 bridgehead atoms. The lowest BCUT2D eigenvalue weighted by Gasteiger charge is -2.38. The molecule has 2 fully saturated rings. The second kappa shape index (κ2) is 5.82. The van der Waals surface area contributed by atoms with E-state index in [9.17, 15) is 4.79 Å². The van der Waals surface area contributed by atoms with Crippen LogP contribution in [0.4, 0.5) is 0 Å². The minimum atomic E-state index is -0.452. The van der Waals surface area contributed by atoms with Gasteiger partial charge < -0.3 is 14.5 Å². The monoisotopic (exact) mass is 392 g/mol. The number of nitrogens with zero attached hydrogens (tertiary/aromatic N) is 3. The van der Waals surface area contributed by atoms with Crippen molar-refractivity contribution < 1.29 is 9.53 Å². The van der Waals surface area contributed by atoms with Crippen LogP contribution in [0.3, 0.4) is 0 Å². The van der Waals surface area contributed by atoms with Crippen molar-refractivity contribution in [3.63, 3.8) is 0 Å². The number of hydrogen-bond acceptors (Lipinski definition) is 4. The van der Waals surface area contributed by atoms with Gasteiger partial charge in [-0.05, 0) is 41.4 Å². The highest BCUT2D eigenvalue weighted by Gasteiger charge is 2.45. The summed E-state index contributed by atoms with van der Waals surface area (Å²) < 4.78 is 9.08. The summed E-state index contributed by atoms with van der Waals surface area (Å²) >= 11 is 3.56. The number of ether oxygens (including phenoxy) is 1. The average Bonchev–Trinajstić information content (AvgIpc) is 3.04. The fraction of sp³-hybridized carbons (Fsp3) is 0.529. The van der Waals surface area contributed by atoms with Crippen molar-refractivity contribution in [2.75, 3.05) is 13.1 Å². The van der Waals surface area contributed by atoms with Gasteiger partial charge in [0.1, 0.15) is 17.5 Å². The van der Waals surface area contributed by atoms with Crippen molar-refractivity contribution in [2.45, 2.75) is 45.1 Å². The van der Waals surface area contributed by atoms with Gasteiger partial charge in [0.25, 0.3) is 5.91 Å². The Morgan fingerprint density at radius 3 is 2.88 bits per heavy atom. The van der Waals surface area contributed by atoms with Crippen LogP contribution in [0, 0.1) is 6.92 Å². The van der Waals surface area contributed by atoms with Crippen LogP contribution >= 0.6 is 15.9 Å². The Morgan fingerprint density at radius 2 is 2.21 bits per heavy atom. The molecule has 7 heteroatoms. The third kappa shape index (κ3) is 2.74. The molecule has 4 rings (SSSR count). The number of piperidine rings is 1. The Balaban J connectivity index is 1.47. The number of aromatic nitrogens is 2. The summed E-state index contributed by atoms with van der Waals surface area (Å²) in [6.07, 6.45) is 5.33. The second-order valence-electron chi connectivity index (χ2n) is 6.80. The summed E-state index contributed by atoms with van der Waals surface area (Å²) in [6.45, 7) is 6.52. The van der Waals surface area contributed by atoms with Gasteiger partial charge in [-0.15, -0.1) is 0 Å². The van der Waals surface area contributed by atoms with E-state index in [4.69, 9.17) is 4.74 Å². The number of aryl methyl sites for hydroxylation is 1. The Morgan fingerprint density at radius 1 is 1.46 bits per heavy atom. The largest absolute Gasteiger partial charge is 0.343 e. The van der Waals surface area contributed by atoms with Gasteiger partial charge in [-0.2, -0.15) is 0 Å². The van der Waals surface area contributed by atoms with Crippen LogP contribution in [-0.4, -0.2) is 45.1 Å². The number of fused-ring (bicyclic) bond motifs is 1. The number of carbonyl (C=O) groups is 1. The maximum atomic E-state index is 11.7. The lowest BCUT2D eigenvalue weighted by molar-refractivity contribution is -0.123. The minimum Gasteiger partial charge on any atom is -0.343 e. The number of amides is 1. The molecule has 128 valence electrons. The molecule has 0 aliphatic carbocycles. The molecule has 2 aromatic heterocycles. The highest BCUT2D eigenvalue weighted by molar-refractivity contribution is 9.10. The number of nitrogens with one attached hydrogen (secondary N) is 1. The fourth-order valence-corrected chi connectivity index (χ4v) is 4.22. The van der Waals surface area contributed by atoms with Crippen LogP contribution in [0.1, 0.15) is 31.0 Å². The van der Waals surface area contributed by atoms with E-state index in [1.165, 1.54) is 5.69 Å². The Hall–Kier alpha value is -1.44. The van der Waals surface area contributed by atoms with Crippen molar-refractivity contribution in [3.05, 3.63) is 34.2 Å². The second-order valence-corrected chi connectivity index (χ2v) is 7.72. The summed E-state index contributed by atoms with van der Waals surface area (Å²) in [4.78, 5) is 18.7. The maximum absolute atomic E-state index is 11.7. The smallest absolute Gasteiger partial charge is 0.251 e. The maximum Gasteiger partial charge on any atom is 0.251 e. The first-order valence-electron chi connectivity index (χ1n) is 8.30. The van der Waals surface area contributed by atoms with Crippen LogP contribution in [0.2, 0.25) is 0 Å². The van der Waals surface area contributed by atoms with E-state index in [0.717, 1.165) is 48.2 Å². The third-order valence-electron chi connectivity index (χ3n) is 5.00. The number of imidazole rings is 1. The van der Waals surface area contributed by atoms with Gasteiger partial charge in [0.2, 0.25) is 0 Å². The quantitative estimate of drug-likeness (QED) is 0.851. The topological polar surface area (TPSA) is 58.9 Å². The zero-order chi connectivity index (χ0) is 16.9. The van der Waals surface area contributed by atoms with Gasteiger partial charge in [-0.1, -0.05) is 0 Å². The Bertz CT molecular complexity index is 795. The first-order valence-corrected chi connectivity index (χ1v) is 9.09. The molecule has 1 spiro atoms. The SMILES string of the molecule is Cc1cc(Br)cn2c(CN3CCC4(CC3)NC(=O)C(C)O4)cnc12. The van der Waals surface area contributed by atoms with Gasteiger partial charge in [0.05, 0.1) is 11.9 Å². The highest BCUT2D eigenvalue weighted by Crippen LogP contribution is 2.30. The summed E-state index contributed by atoms with van der Waals surface area (Å²) in [7, 11) is 0. The molecule has 4 heterocycles. The molecule has 1 atom stereocenters. The van der Waals surface area contributed by atoms with Crippen molar-refractivity contribution >= 4 is 27.5 Å². The van der Waals surface area contributed by atoms with Crippen molar-refractivity contribution in [3.8, 4) is 0 Å². The molecule has 2 aliphatic rings. The van der Waals surface area contributed by atoms with E-state index in [-0.39, 0.29) is 12.0 Å². The summed E-state index contributed by atoms with van der Waals surface area (Å²) in [5.74, 6) is 0.00515. The number of rotatable bonds is 2. The number of likely N-dealkylation sites (tertiary alicyclic amines) is 1. The van der Waals surface area contributed by atoms with E-state index in [2.05, 4.69) is 54.7 Å². The fourth-order valence-electron chi connectivity index (χ4n) is 3.67. The Labute approximate surface area is 149 Å². The molecule has 1 N–H and O–H groups in total. The van der Waals surface area contributed by atoms with Crippen LogP contribution in [-0.2, 0) is 16.1 Å². The van der Waals surface area contributed by atoms with E-state index >= 15 is 0 Å².